The molecule has 0 amide bonds. The number of allylic oxidation sites excluding steroid dienone is 2. The van der Waals surface area contributed by atoms with Gasteiger partial charge in [-0.3, -0.25) is 4.79 Å². The molecule has 1 unspecified atom stereocenters. The van der Waals surface area contributed by atoms with Crippen LogP contribution >= 0.6 is 11.6 Å². The lowest BCUT2D eigenvalue weighted by Gasteiger charge is -2.54. The Hall–Kier alpha value is -0.600. The van der Waals surface area contributed by atoms with E-state index in [9.17, 15) is 9.90 Å². The quantitative estimate of drug-likeness (QED) is 0.800. The average molecular weight is 335 g/mol. The van der Waals surface area contributed by atoms with E-state index in [2.05, 4.69) is 6.08 Å². The van der Waals surface area contributed by atoms with Crippen LogP contribution in [0.25, 0.3) is 0 Å². The maximum absolute atomic E-state index is 11.7. The zero-order valence-electron chi connectivity index (χ0n) is 13.7. The van der Waals surface area contributed by atoms with Gasteiger partial charge in [-0.2, -0.15) is 0 Å². The molecule has 0 aromatic carbocycles. The van der Waals surface area contributed by atoms with Crippen molar-refractivity contribution < 1.29 is 9.90 Å². The fourth-order valence-electron chi connectivity index (χ4n) is 6.62. The predicted octanol–water partition coefficient (Wildman–Crippen LogP) is 4.61. The molecule has 1 N–H and O–H groups in total. The molecule has 23 heavy (non-hydrogen) atoms. The van der Waals surface area contributed by atoms with Crippen molar-refractivity contribution in [3.05, 3.63) is 23.3 Å². The Bertz CT molecular complexity index is 552. The molecule has 0 aliphatic heterocycles. The summed E-state index contributed by atoms with van der Waals surface area (Å²) in [5.74, 6) is 3.10. The summed E-state index contributed by atoms with van der Waals surface area (Å²) in [6.45, 7) is 0. The highest BCUT2D eigenvalue weighted by molar-refractivity contribution is 6.25. The van der Waals surface area contributed by atoms with Gasteiger partial charge in [-0.15, -0.1) is 0 Å². The van der Waals surface area contributed by atoms with Crippen molar-refractivity contribution in [3.8, 4) is 0 Å². The van der Waals surface area contributed by atoms with E-state index < -0.39 is 0 Å². The highest BCUT2D eigenvalue weighted by atomic mass is 35.5. The highest BCUT2D eigenvalue weighted by Gasteiger charge is 2.57. The van der Waals surface area contributed by atoms with Crippen LogP contribution in [-0.4, -0.2) is 17.0 Å². The molecule has 3 heteroatoms. The van der Waals surface area contributed by atoms with Crippen molar-refractivity contribution in [2.75, 3.05) is 0 Å². The Labute approximate surface area is 144 Å². The highest BCUT2D eigenvalue weighted by Crippen LogP contribution is 2.63. The van der Waals surface area contributed by atoms with Crippen LogP contribution in [0.1, 0.15) is 57.8 Å². The molecule has 0 bridgehead atoms. The van der Waals surface area contributed by atoms with Crippen LogP contribution in [0.3, 0.4) is 0 Å². The minimum absolute atomic E-state index is 0.0677. The van der Waals surface area contributed by atoms with E-state index in [4.69, 9.17) is 11.6 Å². The molecule has 4 rings (SSSR count). The molecule has 3 fully saturated rings. The van der Waals surface area contributed by atoms with Gasteiger partial charge in [-0.25, -0.2) is 0 Å². The smallest absolute Gasteiger partial charge is 0.155 e. The van der Waals surface area contributed by atoms with Crippen molar-refractivity contribution in [2.45, 2.75) is 63.9 Å². The first-order valence-electron chi connectivity index (χ1n) is 9.32. The molecule has 6 atom stereocenters. The van der Waals surface area contributed by atoms with Gasteiger partial charge in [0.2, 0.25) is 0 Å². The van der Waals surface area contributed by atoms with E-state index in [0.717, 1.165) is 50.4 Å². The third-order valence-corrected chi connectivity index (χ3v) is 7.74. The normalized spacial score (nSPS) is 46.3. The third-order valence-electron chi connectivity index (χ3n) is 7.56. The van der Waals surface area contributed by atoms with Gasteiger partial charge in [0.25, 0.3) is 0 Å². The number of carbonyl (C=O) groups excluding carboxylic acids is 1. The van der Waals surface area contributed by atoms with Crippen molar-refractivity contribution in [2.24, 2.45) is 29.1 Å². The summed E-state index contributed by atoms with van der Waals surface area (Å²) >= 11 is 5.80. The largest absolute Gasteiger partial charge is 0.393 e. The van der Waals surface area contributed by atoms with Gasteiger partial charge in [0, 0.05) is 17.4 Å². The first kappa shape index (κ1) is 15.9. The number of aliphatic hydroxyl groups excluding tert-OH is 1. The molecule has 2 nitrogen and oxygen atoms in total. The average Bonchev–Trinajstić information content (AvgIpc) is 2.89. The molecular formula is C20H27ClO2. The summed E-state index contributed by atoms with van der Waals surface area (Å²) in [5, 5.41) is 10.7. The number of carbonyl (C=O) groups is 1. The number of hydrogen-bond donors (Lipinski definition) is 1. The number of aliphatic hydroxyl groups is 1. The molecule has 3 saturated carbocycles. The summed E-state index contributed by atoms with van der Waals surface area (Å²) in [7, 11) is 0. The van der Waals surface area contributed by atoms with Gasteiger partial charge in [-0.1, -0.05) is 23.3 Å². The molecule has 0 spiro atoms. The summed E-state index contributed by atoms with van der Waals surface area (Å²) in [6.07, 6.45) is 13.4. The molecule has 0 heterocycles. The molecular weight excluding hydrogens is 308 g/mol. The number of halogens is 1. The standard InChI is InChI=1S/C20H27ClO2/c21-11-1-9-20-10-8-16-15-5-3-14(22)12-13(15)2-4-17(16)18(20)6-7-19(20)23/h1,11-12,15-19,23H,2-10H2/t15-,16+,17+,18-,19?,20-/m0/s1. The summed E-state index contributed by atoms with van der Waals surface area (Å²) < 4.78 is 0. The Morgan fingerprint density at radius 1 is 1.17 bits per heavy atom. The van der Waals surface area contributed by atoms with E-state index in [-0.39, 0.29) is 11.5 Å². The first-order chi connectivity index (χ1) is 11.2. The number of rotatable bonds is 2. The maximum Gasteiger partial charge on any atom is 0.155 e. The Balaban J connectivity index is 1.62. The zero-order valence-corrected chi connectivity index (χ0v) is 14.5. The van der Waals surface area contributed by atoms with Gasteiger partial charge in [0.05, 0.1) is 6.10 Å². The van der Waals surface area contributed by atoms with Crippen LogP contribution in [0.4, 0.5) is 0 Å². The van der Waals surface area contributed by atoms with E-state index in [1.165, 1.54) is 24.8 Å². The first-order valence-corrected chi connectivity index (χ1v) is 9.76. The third kappa shape index (κ3) is 2.44. The van der Waals surface area contributed by atoms with Crippen LogP contribution in [0.5, 0.6) is 0 Å². The van der Waals surface area contributed by atoms with E-state index in [0.29, 0.717) is 17.6 Å². The van der Waals surface area contributed by atoms with Crippen LogP contribution in [0.15, 0.2) is 23.3 Å². The fourth-order valence-corrected chi connectivity index (χ4v) is 6.71. The second-order valence-corrected chi connectivity index (χ2v) is 8.49. The number of hydrogen-bond acceptors (Lipinski definition) is 2. The molecule has 0 aromatic rings. The van der Waals surface area contributed by atoms with Crippen LogP contribution in [0.2, 0.25) is 0 Å². The van der Waals surface area contributed by atoms with E-state index in [1.807, 2.05) is 6.08 Å². The number of fused-ring (bicyclic) bond motifs is 5. The Kier molecular flexibility index (Phi) is 4.18. The second kappa shape index (κ2) is 6.04. The molecule has 0 radical (unpaired) electrons. The summed E-state index contributed by atoms with van der Waals surface area (Å²) in [4.78, 5) is 11.7. The molecule has 126 valence electrons. The number of ketones is 1. The Morgan fingerprint density at radius 3 is 2.87 bits per heavy atom. The lowest BCUT2D eigenvalue weighted by molar-refractivity contribution is -0.116. The Morgan fingerprint density at radius 2 is 2.04 bits per heavy atom. The van der Waals surface area contributed by atoms with E-state index >= 15 is 0 Å². The summed E-state index contributed by atoms with van der Waals surface area (Å²) in [6, 6.07) is 0. The van der Waals surface area contributed by atoms with Crippen molar-refractivity contribution in [1.82, 2.24) is 0 Å². The van der Waals surface area contributed by atoms with Gasteiger partial charge in [-0.05, 0) is 81.1 Å². The summed E-state index contributed by atoms with van der Waals surface area (Å²) in [5.41, 5.74) is 3.13. The minimum Gasteiger partial charge on any atom is -0.393 e. The van der Waals surface area contributed by atoms with Crippen molar-refractivity contribution in [3.63, 3.8) is 0 Å². The van der Waals surface area contributed by atoms with Gasteiger partial charge >= 0.3 is 0 Å². The zero-order chi connectivity index (χ0) is 16.0. The molecule has 0 aromatic heterocycles. The van der Waals surface area contributed by atoms with Gasteiger partial charge < -0.3 is 5.11 Å². The lowest BCUT2D eigenvalue weighted by Crippen LogP contribution is -2.48. The van der Waals surface area contributed by atoms with Gasteiger partial charge in [0.15, 0.2) is 5.78 Å². The fraction of sp³-hybridized carbons (Fsp3) is 0.750. The second-order valence-electron chi connectivity index (χ2n) is 8.23. The monoisotopic (exact) mass is 334 g/mol. The molecule has 0 saturated heterocycles. The van der Waals surface area contributed by atoms with Crippen LogP contribution in [-0.2, 0) is 4.79 Å². The maximum atomic E-state index is 11.7. The molecule has 4 aliphatic rings. The predicted molar refractivity (Wildman–Crippen MR) is 92.0 cm³/mol. The topological polar surface area (TPSA) is 37.3 Å². The van der Waals surface area contributed by atoms with Crippen molar-refractivity contribution in [1.29, 1.82) is 0 Å². The van der Waals surface area contributed by atoms with Gasteiger partial charge in [0.1, 0.15) is 0 Å². The van der Waals surface area contributed by atoms with E-state index in [1.54, 1.807) is 5.54 Å². The van der Waals surface area contributed by atoms with Crippen LogP contribution < -0.4 is 0 Å². The van der Waals surface area contributed by atoms with Crippen molar-refractivity contribution >= 4 is 17.4 Å². The minimum atomic E-state index is -0.161. The lowest BCUT2D eigenvalue weighted by atomic mass is 9.51. The van der Waals surface area contributed by atoms with Crippen LogP contribution in [0, 0.1) is 29.1 Å². The molecule has 4 aliphatic carbocycles. The SMILES string of the molecule is O=C1C=C2CC[C@@H]3[C@H](CC[C@]4(CC=CCl)C(O)CC[C@@H]34)[C@H]2CC1.